The van der Waals surface area contributed by atoms with Crippen LogP contribution in [0.2, 0.25) is 0 Å². The molecule has 0 amide bonds. The van der Waals surface area contributed by atoms with Gasteiger partial charge in [-0.15, -0.1) is 0 Å². The van der Waals surface area contributed by atoms with Crippen LogP contribution in [0.25, 0.3) is 0 Å². The minimum absolute atomic E-state index is 0.162. The van der Waals surface area contributed by atoms with Gasteiger partial charge in [0.05, 0.1) is 0 Å². The van der Waals surface area contributed by atoms with Gasteiger partial charge in [0.1, 0.15) is 5.78 Å². The lowest BCUT2D eigenvalue weighted by Crippen LogP contribution is -2.30. The molecule has 0 aromatic rings. The van der Waals surface area contributed by atoms with Crippen LogP contribution in [0.1, 0.15) is 40.0 Å². The molecule has 1 fully saturated rings. The predicted molar refractivity (Wildman–Crippen MR) is 50.1 cm³/mol. The van der Waals surface area contributed by atoms with E-state index in [-0.39, 0.29) is 5.41 Å². The van der Waals surface area contributed by atoms with Crippen molar-refractivity contribution in [3.8, 4) is 0 Å². The van der Waals surface area contributed by atoms with Crippen LogP contribution in [0.15, 0.2) is 0 Å². The Balaban J connectivity index is 2.35. The average Bonchev–Trinajstić information content (AvgIpc) is 2.37. The van der Waals surface area contributed by atoms with Crippen molar-refractivity contribution in [2.24, 2.45) is 5.41 Å². The largest absolute Gasteiger partial charge is 0.314 e. The van der Waals surface area contributed by atoms with E-state index in [2.05, 4.69) is 5.32 Å². The zero-order valence-electron chi connectivity index (χ0n) is 8.31. The molecule has 1 atom stereocenters. The van der Waals surface area contributed by atoms with Crippen molar-refractivity contribution in [1.82, 2.24) is 5.32 Å². The van der Waals surface area contributed by atoms with E-state index in [4.69, 9.17) is 0 Å². The summed E-state index contributed by atoms with van der Waals surface area (Å²) in [6.45, 7) is 7.06. The summed E-state index contributed by atoms with van der Waals surface area (Å²) in [5.74, 6) is 0.377. The molecular weight excluding hydrogens is 150 g/mol. The first-order valence-corrected chi connectivity index (χ1v) is 4.77. The summed E-state index contributed by atoms with van der Waals surface area (Å²) in [5, 5.41) is 3.34. The molecule has 0 bridgehead atoms. The van der Waals surface area contributed by atoms with E-state index in [0.717, 1.165) is 6.54 Å². The van der Waals surface area contributed by atoms with E-state index in [1.165, 1.54) is 12.8 Å². The Hall–Kier alpha value is -0.370. The summed E-state index contributed by atoms with van der Waals surface area (Å²) >= 11 is 0. The van der Waals surface area contributed by atoms with E-state index in [1.807, 2.05) is 20.8 Å². The molecule has 1 rings (SSSR count). The van der Waals surface area contributed by atoms with E-state index in [0.29, 0.717) is 18.2 Å². The molecule has 1 aliphatic heterocycles. The highest BCUT2D eigenvalue weighted by atomic mass is 16.1. The zero-order valence-corrected chi connectivity index (χ0v) is 8.31. The van der Waals surface area contributed by atoms with Gasteiger partial charge < -0.3 is 5.32 Å². The number of nitrogens with one attached hydrogen (secondary N) is 1. The molecular formula is C10H19NO. The van der Waals surface area contributed by atoms with Crippen molar-refractivity contribution in [2.75, 3.05) is 6.54 Å². The van der Waals surface area contributed by atoms with Gasteiger partial charge in [0.2, 0.25) is 0 Å². The lowest BCUT2D eigenvalue weighted by atomic mass is 9.87. The minimum Gasteiger partial charge on any atom is -0.314 e. The van der Waals surface area contributed by atoms with Gasteiger partial charge in [-0.2, -0.15) is 0 Å². The molecule has 0 aromatic heterocycles. The Labute approximate surface area is 74.7 Å². The molecule has 0 radical (unpaired) electrons. The number of Topliss-reactive ketones (excluding diaryl/α,β-unsaturated/α-hetero) is 1. The maximum absolute atomic E-state index is 11.6. The molecule has 1 heterocycles. The Kier molecular flexibility index (Phi) is 2.89. The van der Waals surface area contributed by atoms with E-state index in [1.54, 1.807) is 0 Å². The second kappa shape index (κ2) is 3.56. The van der Waals surface area contributed by atoms with Crippen molar-refractivity contribution >= 4 is 5.78 Å². The molecule has 1 N–H and O–H groups in total. The molecule has 70 valence electrons. The monoisotopic (exact) mass is 169 g/mol. The highest BCUT2D eigenvalue weighted by Gasteiger charge is 2.25. The minimum atomic E-state index is -0.162. The molecule has 0 spiro atoms. The average molecular weight is 169 g/mol. The third kappa shape index (κ3) is 2.59. The highest BCUT2D eigenvalue weighted by molar-refractivity contribution is 5.84. The fourth-order valence-electron chi connectivity index (χ4n) is 1.46. The molecule has 1 saturated heterocycles. The first-order valence-electron chi connectivity index (χ1n) is 4.77. The molecule has 0 aromatic carbocycles. The van der Waals surface area contributed by atoms with Crippen molar-refractivity contribution in [3.05, 3.63) is 0 Å². The molecule has 2 heteroatoms. The third-order valence-electron chi connectivity index (χ3n) is 2.43. The maximum Gasteiger partial charge on any atom is 0.139 e. The number of carbonyl (C=O) groups excluding carboxylic acids is 1. The van der Waals surface area contributed by atoms with Gasteiger partial charge in [0.25, 0.3) is 0 Å². The van der Waals surface area contributed by atoms with Crippen LogP contribution in [0.5, 0.6) is 0 Å². The normalized spacial score (nSPS) is 24.4. The van der Waals surface area contributed by atoms with Crippen molar-refractivity contribution in [2.45, 2.75) is 46.1 Å². The summed E-state index contributed by atoms with van der Waals surface area (Å²) in [4.78, 5) is 11.6. The zero-order chi connectivity index (χ0) is 9.19. The first-order chi connectivity index (χ1) is 5.50. The molecule has 1 aliphatic rings. The SMILES string of the molecule is CC(C)(C)C(=O)CC1CCCN1. The summed E-state index contributed by atoms with van der Waals surface area (Å²) in [5.41, 5.74) is -0.162. The van der Waals surface area contributed by atoms with Gasteiger partial charge in [-0.3, -0.25) is 4.79 Å². The standard InChI is InChI=1S/C10H19NO/c1-10(2,3)9(12)7-8-5-4-6-11-8/h8,11H,4-7H2,1-3H3. The lowest BCUT2D eigenvalue weighted by Gasteiger charge is -2.19. The second-order valence-corrected chi connectivity index (χ2v) is 4.67. The summed E-state index contributed by atoms with van der Waals surface area (Å²) < 4.78 is 0. The number of hydrogen-bond acceptors (Lipinski definition) is 2. The molecule has 0 saturated carbocycles. The quantitative estimate of drug-likeness (QED) is 0.682. The Morgan fingerprint density at radius 1 is 1.50 bits per heavy atom. The van der Waals surface area contributed by atoms with E-state index in [9.17, 15) is 4.79 Å². The number of hydrogen-bond donors (Lipinski definition) is 1. The van der Waals surface area contributed by atoms with Crippen LogP contribution < -0.4 is 5.32 Å². The Morgan fingerprint density at radius 2 is 2.17 bits per heavy atom. The van der Waals surface area contributed by atoms with Crippen LogP contribution >= 0.6 is 0 Å². The van der Waals surface area contributed by atoms with Crippen LogP contribution in [0.3, 0.4) is 0 Å². The van der Waals surface area contributed by atoms with Gasteiger partial charge in [-0.05, 0) is 19.4 Å². The number of rotatable bonds is 2. The van der Waals surface area contributed by atoms with Crippen LogP contribution in [0, 0.1) is 5.41 Å². The van der Waals surface area contributed by atoms with Gasteiger partial charge in [-0.1, -0.05) is 20.8 Å². The molecule has 12 heavy (non-hydrogen) atoms. The number of ketones is 1. The van der Waals surface area contributed by atoms with Crippen molar-refractivity contribution < 1.29 is 4.79 Å². The highest BCUT2D eigenvalue weighted by Crippen LogP contribution is 2.20. The lowest BCUT2D eigenvalue weighted by molar-refractivity contribution is -0.126. The first kappa shape index (κ1) is 9.72. The smallest absolute Gasteiger partial charge is 0.139 e. The fourth-order valence-corrected chi connectivity index (χ4v) is 1.46. The summed E-state index contributed by atoms with van der Waals surface area (Å²) in [6.07, 6.45) is 3.10. The van der Waals surface area contributed by atoms with Gasteiger partial charge in [0.15, 0.2) is 0 Å². The van der Waals surface area contributed by atoms with Gasteiger partial charge in [-0.25, -0.2) is 0 Å². The molecule has 1 unspecified atom stereocenters. The molecule has 0 aliphatic carbocycles. The van der Waals surface area contributed by atoms with Crippen LogP contribution in [-0.4, -0.2) is 18.4 Å². The predicted octanol–water partition coefficient (Wildman–Crippen LogP) is 1.74. The van der Waals surface area contributed by atoms with Crippen molar-refractivity contribution in [1.29, 1.82) is 0 Å². The second-order valence-electron chi connectivity index (χ2n) is 4.67. The van der Waals surface area contributed by atoms with Crippen LogP contribution in [0.4, 0.5) is 0 Å². The maximum atomic E-state index is 11.6. The Morgan fingerprint density at radius 3 is 2.58 bits per heavy atom. The van der Waals surface area contributed by atoms with E-state index >= 15 is 0 Å². The Bertz CT molecular complexity index is 163. The third-order valence-corrected chi connectivity index (χ3v) is 2.43. The van der Waals surface area contributed by atoms with Crippen molar-refractivity contribution in [3.63, 3.8) is 0 Å². The topological polar surface area (TPSA) is 29.1 Å². The summed E-state index contributed by atoms with van der Waals surface area (Å²) in [7, 11) is 0. The van der Waals surface area contributed by atoms with Crippen LogP contribution in [-0.2, 0) is 4.79 Å². The van der Waals surface area contributed by atoms with Gasteiger partial charge in [0, 0.05) is 17.9 Å². The van der Waals surface area contributed by atoms with Gasteiger partial charge >= 0.3 is 0 Å². The summed E-state index contributed by atoms with van der Waals surface area (Å²) in [6, 6.07) is 0.455. The fraction of sp³-hybridized carbons (Fsp3) is 0.900. The molecule has 2 nitrogen and oxygen atoms in total. The van der Waals surface area contributed by atoms with E-state index < -0.39 is 0 Å². The number of carbonyl (C=O) groups is 1.